The van der Waals surface area contributed by atoms with Gasteiger partial charge in [0.1, 0.15) is 5.82 Å². The third kappa shape index (κ3) is 3.33. The Bertz CT molecular complexity index is 641. The van der Waals surface area contributed by atoms with Gasteiger partial charge in [0.15, 0.2) is 0 Å². The molecule has 0 saturated heterocycles. The zero-order valence-electron chi connectivity index (χ0n) is 9.93. The van der Waals surface area contributed by atoms with E-state index >= 15 is 0 Å². The SMILES string of the molecule is Nc1ccc(Nc2cc(C(F)(F)F)ccc2F)c(I)c1. The largest absolute Gasteiger partial charge is 0.416 e. The number of nitrogens with one attached hydrogen (secondary N) is 1. The van der Waals surface area contributed by atoms with Gasteiger partial charge >= 0.3 is 6.18 Å². The monoisotopic (exact) mass is 396 g/mol. The molecule has 0 aliphatic heterocycles. The predicted octanol–water partition coefficient (Wildman–Crippen LogP) is 4.77. The van der Waals surface area contributed by atoms with E-state index in [1.54, 1.807) is 18.2 Å². The summed E-state index contributed by atoms with van der Waals surface area (Å²) in [6, 6.07) is 7.02. The van der Waals surface area contributed by atoms with E-state index in [4.69, 9.17) is 5.73 Å². The minimum absolute atomic E-state index is 0.234. The van der Waals surface area contributed by atoms with Crippen LogP contribution in [0, 0.1) is 9.39 Å². The summed E-state index contributed by atoms with van der Waals surface area (Å²) in [5.74, 6) is -0.759. The molecule has 0 aliphatic carbocycles. The number of nitrogens with two attached hydrogens (primary N) is 1. The molecule has 0 spiro atoms. The van der Waals surface area contributed by atoms with E-state index in [9.17, 15) is 17.6 Å². The Kier molecular flexibility index (Phi) is 4.07. The van der Waals surface area contributed by atoms with Crippen molar-refractivity contribution in [3.05, 3.63) is 51.3 Å². The van der Waals surface area contributed by atoms with Crippen molar-refractivity contribution in [3.63, 3.8) is 0 Å². The highest BCUT2D eigenvalue weighted by atomic mass is 127. The molecule has 0 heterocycles. The second-order valence-corrected chi connectivity index (χ2v) is 5.22. The lowest BCUT2D eigenvalue weighted by molar-refractivity contribution is -0.137. The van der Waals surface area contributed by atoms with Gasteiger partial charge in [-0.05, 0) is 59.0 Å². The van der Waals surface area contributed by atoms with Crippen LogP contribution in [0.3, 0.4) is 0 Å². The Hall–Kier alpha value is -1.51. The minimum atomic E-state index is -4.52. The van der Waals surface area contributed by atoms with Gasteiger partial charge in [-0.3, -0.25) is 0 Å². The zero-order chi connectivity index (χ0) is 14.9. The second kappa shape index (κ2) is 5.47. The second-order valence-electron chi connectivity index (χ2n) is 4.06. The summed E-state index contributed by atoms with van der Waals surface area (Å²) in [4.78, 5) is 0. The van der Waals surface area contributed by atoms with Gasteiger partial charge in [-0.15, -0.1) is 0 Å². The third-order valence-electron chi connectivity index (χ3n) is 2.56. The van der Waals surface area contributed by atoms with Crippen molar-refractivity contribution >= 4 is 39.7 Å². The Morgan fingerprint density at radius 2 is 1.70 bits per heavy atom. The van der Waals surface area contributed by atoms with Gasteiger partial charge in [0, 0.05) is 9.26 Å². The van der Waals surface area contributed by atoms with Gasteiger partial charge in [-0.25, -0.2) is 4.39 Å². The summed E-state index contributed by atoms with van der Waals surface area (Å²) >= 11 is 1.96. The molecule has 3 N–H and O–H groups in total. The van der Waals surface area contributed by atoms with E-state index in [0.717, 1.165) is 12.1 Å². The van der Waals surface area contributed by atoms with E-state index < -0.39 is 17.6 Å². The molecule has 0 aliphatic rings. The number of anilines is 3. The average Bonchev–Trinajstić information content (AvgIpc) is 2.33. The molecule has 106 valence electrons. The highest BCUT2D eigenvalue weighted by Crippen LogP contribution is 2.33. The molecule has 20 heavy (non-hydrogen) atoms. The Morgan fingerprint density at radius 1 is 1.00 bits per heavy atom. The van der Waals surface area contributed by atoms with Gasteiger partial charge in [0.05, 0.1) is 16.9 Å². The molecular weight excluding hydrogens is 387 g/mol. The van der Waals surface area contributed by atoms with Crippen LogP contribution in [0.1, 0.15) is 5.56 Å². The van der Waals surface area contributed by atoms with Crippen LogP contribution in [0.5, 0.6) is 0 Å². The van der Waals surface area contributed by atoms with Crippen molar-refractivity contribution < 1.29 is 17.6 Å². The fourth-order valence-electron chi connectivity index (χ4n) is 1.58. The fraction of sp³-hybridized carbons (Fsp3) is 0.0769. The maximum Gasteiger partial charge on any atom is 0.416 e. The summed E-state index contributed by atoms with van der Waals surface area (Å²) in [6.07, 6.45) is -4.52. The summed E-state index contributed by atoms with van der Waals surface area (Å²) in [7, 11) is 0. The average molecular weight is 396 g/mol. The third-order valence-corrected chi connectivity index (χ3v) is 3.45. The van der Waals surface area contributed by atoms with Crippen LogP contribution in [0.4, 0.5) is 34.6 Å². The maximum atomic E-state index is 13.6. The van der Waals surface area contributed by atoms with Crippen molar-refractivity contribution in [1.29, 1.82) is 0 Å². The summed E-state index contributed by atoms with van der Waals surface area (Å²) < 4.78 is 52.1. The van der Waals surface area contributed by atoms with Gasteiger partial charge in [0.25, 0.3) is 0 Å². The Morgan fingerprint density at radius 3 is 2.30 bits per heavy atom. The van der Waals surface area contributed by atoms with E-state index in [1.165, 1.54) is 0 Å². The molecule has 2 nitrogen and oxygen atoms in total. The van der Waals surface area contributed by atoms with Crippen molar-refractivity contribution in [2.24, 2.45) is 0 Å². The van der Waals surface area contributed by atoms with E-state index in [0.29, 0.717) is 21.0 Å². The molecule has 2 rings (SSSR count). The molecule has 0 bridgehead atoms. The fourth-order valence-corrected chi connectivity index (χ4v) is 2.25. The number of benzene rings is 2. The number of nitrogen functional groups attached to an aromatic ring is 1. The van der Waals surface area contributed by atoms with Crippen molar-refractivity contribution in [2.75, 3.05) is 11.1 Å². The van der Waals surface area contributed by atoms with Crippen molar-refractivity contribution in [2.45, 2.75) is 6.18 Å². The van der Waals surface area contributed by atoms with Gasteiger partial charge in [-0.2, -0.15) is 13.2 Å². The molecule has 0 radical (unpaired) electrons. The molecule has 2 aromatic carbocycles. The lowest BCUT2D eigenvalue weighted by Gasteiger charge is -2.13. The van der Waals surface area contributed by atoms with E-state index in [1.807, 2.05) is 22.6 Å². The quantitative estimate of drug-likeness (QED) is 0.436. The van der Waals surface area contributed by atoms with Crippen molar-refractivity contribution in [1.82, 2.24) is 0 Å². The van der Waals surface area contributed by atoms with Crippen LogP contribution in [0.15, 0.2) is 36.4 Å². The minimum Gasteiger partial charge on any atom is -0.399 e. The molecule has 7 heteroatoms. The smallest absolute Gasteiger partial charge is 0.399 e. The van der Waals surface area contributed by atoms with Crippen molar-refractivity contribution in [3.8, 4) is 0 Å². The predicted molar refractivity (Wildman–Crippen MR) is 78.3 cm³/mol. The number of alkyl halides is 3. The van der Waals surface area contributed by atoms with Crippen LogP contribution < -0.4 is 11.1 Å². The molecule has 0 saturated carbocycles. The number of halogens is 5. The first-order chi connectivity index (χ1) is 9.27. The normalized spacial score (nSPS) is 11.4. The first-order valence-electron chi connectivity index (χ1n) is 5.46. The molecular formula is C13H9F4IN2. The van der Waals surface area contributed by atoms with Crippen LogP contribution in [-0.4, -0.2) is 0 Å². The molecule has 0 amide bonds. The molecule has 0 atom stereocenters. The summed E-state index contributed by atoms with van der Waals surface area (Å²) in [5, 5.41) is 2.64. The van der Waals surface area contributed by atoms with E-state index in [-0.39, 0.29) is 5.69 Å². The van der Waals surface area contributed by atoms with E-state index in [2.05, 4.69) is 5.32 Å². The maximum absolute atomic E-state index is 13.6. The summed E-state index contributed by atoms with van der Waals surface area (Å²) in [6.45, 7) is 0. The number of hydrogen-bond acceptors (Lipinski definition) is 2. The van der Waals surface area contributed by atoms with Crippen LogP contribution in [0.2, 0.25) is 0 Å². The highest BCUT2D eigenvalue weighted by molar-refractivity contribution is 14.1. The molecule has 2 aromatic rings. The molecule has 0 fully saturated rings. The number of hydrogen-bond donors (Lipinski definition) is 2. The first-order valence-corrected chi connectivity index (χ1v) is 6.54. The zero-order valence-corrected chi connectivity index (χ0v) is 12.1. The Balaban J connectivity index is 2.38. The van der Waals surface area contributed by atoms with Crippen LogP contribution in [0.25, 0.3) is 0 Å². The number of rotatable bonds is 2. The van der Waals surface area contributed by atoms with Crippen LogP contribution >= 0.6 is 22.6 Å². The van der Waals surface area contributed by atoms with Gasteiger partial charge < -0.3 is 11.1 Å². The molecule has 0 unspecified atom stereocenters. The lowest BCUT2D eigenvalue weighted by atomic mass is 10.1. The van der Waals surface area contributed by atoms with Gasteiger partial charge in [-0.1, -0.05) is 0 Å². The first kappa shape index (κ1) is 14.9. The Labute approximate surface area is 126 Å². The highest BCUT2D eigenvalue weighted by Gasteiger charge is 2.31. The molecule has 0 aromatic heterocycles. The summed E-state index contributed by atoms with van der Waals surface area (Å²) in [5.41, 5.74) is 5.43. The van der Waals surface area contributed by atoms with Gasteiger partial charge in [0.2, 0.25) is 0 Å². The topological polar surface area (TPSA) is 38.0 Å². The lowest BCUT2D eigenvalue weighted by Crippen LogP contribution is -2.06. The van der Waals surface area contributed by atoms with Crippen LogP contribution in [-0.2, 0) is 6.18 Å². The standard InChI is InChI=1S/C13H9F4IN2/c14-9-3-1-7(13(15,16)17)5-12(9)20-11-4-2-8(19)6-10(11)18/h1-6,20H,19H2.